The van der Waals surface area contributed by atoms with Gasteiger partial charge in [-0.2, -0.15) is 8.78 Å². The van der Waals surface area contributed by atoms with E-state index in [2.05, 4.69) is 9.97 Å². The molecule has 2 aromatic heterocycles. The first-order valence-corrected chi connectivity index (χ1v) is 11.1. The van der Waals surface area contributed by atoms with Crippen molar-refractivity contribution in [3.05, 3.63) is 89.0 Å². The average Bonchev–Trinajstić information content (AvgIpc) is 3.21. The van der Waals surface area contributed by atoms with Crippen LogP contribution in [-0.4, -0.2) is 26.2 Å². The smallest absolute Gasteiger partial charge is 0.320 e. The first-order valence-electron chi connectivity index (χ1n) is 10.1. The maximum atomic E-state index is 13.9. The fourth-order valence-electron chi connectivity index (χ4n) is 3.78. The number of thioether (sulfide) groups is 1. The Morgan fingerprint density at radius 2 is 1.64 bits per heavy atom. The minimum Gasteiger partial charge on any atom is -0.495 e. The molecule has 0 aliphatic carbocycles. The summed E-state index contributed by atoms with van der Waals surface area (Å²) in [4.78, 5) is 22.5. The number of nitrogens with zero attached hydrogens (tertiary/aromatic N) is 4. The molecule has 0 saturated heterocycles. The number of imidazole rings is 1. The van der Waals surface area contributed by atoms with Gasteiger partial charge in [0.1, 0.15) is 11.6 Å². The van der Waals surface area contributed by atoms with Gasteiger partial charge in [0.2, 0.25) is 0 Å². The van der Waals surface area contributed by atoms with E-state index in [4.69, 9.17) is 4.74 Å². The summed E-state index contributed by atoms with van der Waals surface area (Å²) in [7, 11) is 1.52. The van der Waals surface area contributed by atoms with Crippen LogP contribution in [0.4, 0.5) is 8.78 Å². The molecule has 0 N–H and O–H groups in total. The molecule has 3 aromatic carbocycles. The summed E-state index contributed by atoms with van der Waals surface area (Å²) in [5, 5.41) is 0.809. The number of ether oxygens (including phenoxy) is 1. The molecule has 0 radical (unpaired) electrons. The number of rotatable bonds is 6. The quantitative estimate of drug-likeness (QED) is 0.248. The molecule has 5 aromatic rings. The lowest BCUT2D eigenvalue weighted by molar-refractivity contribution is 0.0722. The third-order valence-corrected chi connectivity index (χ3v) is 6.20. The highest BCUT2D eigenvalue weighted by Crippen LogP contribution is 2.31. The van der Waals surface area contributed by atoms with Crippen molar-refractivity contribution in [2.24, 2.45) is 0 Å². The van der Waals surface area contributed by atoms with E-state index in [1.165, 1.54) is 23.4 Å². The van der Waals surface area contributed by atoms with Crippen molar-refractivity contribution in [3.63, 3.8) is 0 Å². The summed E-state index contributed by atoms with van der Waals surface area (Å²) >= 11 is 1.17. The predicted molar refractivity (Wildman–Crippen MR) is 124 cm³/mol. The van der Waals surface area contributed by atoms with Gasteiger partial charge in [0.15, 0.2) is 5.16 Å². The van der Waals surface area contributed by atoms with E-state index in [9.17, 15) is 13.6 Å². The molecule has 0 aliphatic heterocycles. The van der Waals surface area contributed by atoms with Crippen LogP contribution in [-0.2, 0) is 5.75 Å². The maximum absolute atomic E-state index is 13.9. The second-order valence-electron chi connectivity index (χ2n) is 7.18. The molecule has 9 heteroatoms. The van der Waals surface area contributed by atoms with Crippen LogP contribution in [0.25, 0.3) is 27.6 Å². The molecular formula is C24H18F2N4O2S. The highest BCUT2D eigenvalue weighted by Gasteiger charge is 2.20. The molecule has 6 nitrogen and oxygen atoms in total. The molecule has 0 bridgehead atoms. The van der Waals surface area contributed by atoms with E-state index < -0.39 is 6.55 Å². The Labute approximate surface area is 191 Å². The Balaban J connectivity index is 1.65. The molecule has 2 heterocycles. The largest absolute Gasteiger partial charge is 0.495 e. The second kappa shape index (κ2) is 8.67. The number of benzene rings is 3. The average molecular weight is 464 g/mol. The molecule has 5 rings (SSSR count). The van der Waals surface area contributed by atoms with Gasteiger partial charge in [-0.1, -0.05) is 48.2 Å². The van der Waals surface area contributed by atoms with E-state index >= 15 is 0 Å². The summed E-state index contributed by atoms with van der Waals surface area (Å²) < 4.78 is 35.6. The summed E-state index contributed by atoms with van der Waals surface area (Å²) in [6, 6.07) is 20.9. The summed E-state index contributed by atoms with van der Waals surface area (Å²) in [6.45, 7) is -2.74. The number of alkyl halides is 2. The molecule has 0 atom stereocenters. The number of halogens is 2. The number of para-hydroxylation sites is 5. The zero-order chi connectivity index (χ0) is 22.9. The van der Waals surface area contributed by atoms with Gasteiger partial charge in [-0.25, -0.2) is 9.97 Å². The van der Waals surface area contributed by atoms with Crippen molar-refractivity contribution in [2.75, 3.05) is 7.11 Å². The van der Waals surface area contributed by atoms with Gasteiger partial charge >= 0.3 is 6.55 Å². The fourth-order valence-corrected chi connectivity index (χ4v) is 4.71. The standard InChI is InChI=1S/C24H18F2N4O2S/c1-32-20-13-7-6-12-19(20)30-22(31)15-8-2-3-9-16(15)28-24(30)33-14-21-27-17-10-4-5-11-18(17)29(21)23(25)26/h2-13,23H,14H2,1H3. The molecule has 0 fully saturated rings. The van der Waals surface area contributed by atoms with E-state index in [1.54, 1.807) is 72.8 Å². The molecule has 0 unspecified atom stereocenters. The van der Waals surface area contributed by atoms with Crippen LogP contribution in [0.5, 0.6) is 5.75 Å². The van der Waals surface area contributed by atoms with E-state index in [0.717, 1.165) is 4.57 Å². The van der Waals surface area contributed by atoms with Crippen LogP contribution in [0, 0.1) is 0 Å². The SMILES string of the molecule is COc1ccccc1-n1c(SCc2nc3ccccc3n2C(F)F)nc2ccccc2c1=O. The fraction of sp³-hybridized carbons (Fsp3) is 0.125. The van der Waals surface area contributed by atoms with E-state index in [-0.39, 0.29) is 17.1 Å². The number of hydrogen-bond acceptors (Lipinski definition) is 5. The molecule has 166 valence electrons. The molecule has 0 aliphatic rings. The lowest BCUT2D eigenvalue weighted by Crippen LogP contribution is -2.22. The van der Waals surface area contributed by atoms with Crippen molar-refractivity contribution in [2.45, 2.75) is 17.5 Å². The van der Waals surface area contributed by atoms with Crippen molar-refractivity contribution >= 4 is 33.7 Å². The lowest BCUT2D eigenvalue weighted by atomic mass is 10.2. The Hall–Kier alpha value is -3.72. The third kappa shape index (κ3) is 3.74. The van der Waals surface area contributed by atoms with E-state index in [1.807, 2.05) is 0 Å². The Kier molecular flexibility index (Phi) is 5.55. The summed E-state index contributed by atoms with van der Waals surface area (Å²) in [6.07, 6.45) is 0. The minimum atomic E-state index is -2.74. The third-order valence-electron chi connectivity index (χ3n) is 5.27. The van der Waals surface area contributed by atoms with Gasteiger partial charge in [-0.05, 0) is 36.4 Å². The van der Waals surface area contributed by atoms with Crippen molar-refractivity contribution in [1.82, 2.24) is 19.1 Å². The first-order chi connectivity index (χ1) is 16.1. The Bertz CT molecular complexity index is 1530. The molecule has 0 saturated carbocycles. The van der Waals surface area contributed by atoms with Crippen LogP contribution >= 0.6 is 11.8 Å². The van der Waals surface area contributed by atoms with Gasteiger partial charge in [0, 0.05) is 0 Å². The molecule has 0 amide bonds. The summed E-state index contributed by atoms with van der Waals surface area (Å²) in [5.41, 5.74) is 1.63. The Morgan fingerprint density at radius 3 is 2.42 bits per heavy atom. The predicted octanol–water partition coefficient (Wildman–Crippen LogP) is 5.43. The van der Waals surface area contributed by atoms with Crippen LogP contribution in [0.3, 0.4) is 0 Å². The van der Waals surface area contributed by atoms with E-state index in [0.29, 0.717) is 38.5 Å². The molecule has 0 spiro atoms. The van der Waals surface area contributed by atoms with Crippen LogP contribution in [0.15, 0.2) is 82.7 Å². The number of fused-ring (bicyclic) bond motifs is 2. The van der Waals surface area contributed by atoms with Gasteiger partial charge < -0.3 is 4.74 Å². The monoisotopic (exact) mass is 464 g/mol. The number of aromatic nitrogens is 4. The van der Waals surface area contributed by atoms with Crippen molar-refractivity contribution in [3.8, 4) is 11.4 Å². The molecular weight excluding hydrogens is 446 g/mol. The minimum absolute atomic E-state index is 0.0962. The van der Waals surface area contributed by atoms with Crippen LogP contribution < -0.4 is 10.3 Å². The summed E-state index contributed by atoms with van der Waals surface area (Å²) in [5.74, 6) is 0.794. The maximum Gasteiger partial charge on any atom is 0.320 e. The van der Waals surface area contributed by atoms with Crippen molar-refractivity contribution in [1.29, 1.82) is 0 Å². The lowest BCUT2D eigenvalue weighted by Gasteiger charge is -2.16. The van der Waals surface area contributed by atoms with Crippen molar-refractivity contribution < 1.29 is 13.5 Å². The van der Waals surface area contributed by atoms with Gasteiger partial charge in [-0.15, -0.1) is 0 Å². The topological polar surface area (TPSA) is 61.9 Å². The highest BCUT2D eigenvalue weighted by atomic mass is 32.2. The number of hydrogen-bond donors (Lipinski definition) is 0. The zero-order valence-electron chi connectivity index (χ0n) is 17.5. The highest BCUT2D eigenvalue weighted by molar-refractivity contribution is 7.98. The van der Waals surface area contributed by atoms with Gasteiger partial charge in [0.25, 0.3) is 5.56 Å². The zero-order valence-corrected chi connectivity index (χ0v) is 18.3. The molecule has 33 heavy (non-hydrogen) atoms. The van der Waals surface area contributed by atoms with Crippen LogP contribution in [0.1, 0.15) is 12.4 Å². The first kappa shape index (κ1) is 21.1. The second-order valence-corrected chi connectivity index (χ2v) is 8.12. The number of methoxy groups -OCH3 is 1. The van der Waals surface area contributed by atoms with Gasteiger partial charge in [-0.3, -0.25) is 13.9 Å². The normalized spacial score (nSPS) is 11.5. The van der Waals surface area contributed by atoms with Crippen LogP contribution in [0.2, 0.25) is 0 Å². The van der Waals surface area contributed by atoms with Gasteiger partial charge in [0.05, 0.1) is 40.5 Å². The Morgan fingerprint density at radius 1 is 0.939 bits per heavy atom.